The van der Waals surface area contributed by atoms with Crippen LogP contribution >= 0.6 is 0 Å². The van der Waals surface area contributed by atoms with Gasteiger partial charge in [-0.25, -0.2) is 13.1 Å². The van der Waals surface area contributed by atoms with E-state index in [0.717, 1.165) is 6.26 Å². The van der Waals surface area contributed by atoms with Crippen LogP contribution in [0.1, 0.15) is 27.8 Å². The fourth-order valence-electron chi connectivity index (χ4n) is 2.49. The molecule has 2 aromatic rings. The van der Waals surface area contributed by atoms with Crippen LogP contribution in [0.25, 0.3) is 0 Å². The van der Waals surface area contributed by atoms with E-state index in [1.54, 1.807) is 17.9 Å². The Kier molecular flexibility index (Phi) is 3.94. The third-order valence-corrected chi connectivity index (χ3v) is 4.37. The zero-order valence-electron chi connectivity index (χ0n) is 12.8. The summed E-state index contributed by atoms with van der Waals surface area (Å²) in [5, 5.41) is 8.06. The molecule has 0 unspecified atom stereocenters. The average Bonchev–Trinajstić information content (AvgIpc) is 3.09. The van der Waals surface area contributed by atoms with Gasteiger partial charge < -0.3 is 13.9 Å². The number of sulfonamides is 1. The largest absolute Gasteiger partial charge is 0.469 e. The monoisotopic (exact) mass is 339 g/mol. The van der Waals surface area contributed by atoms with Gasteiger partial charge in [-0.1, -0.05) is 0 Å². The van der Waals surface area contributed by atoms with Crippen LogP contribution in [0.15, 0.2) is 16.7 Å². The Hall–Kier alpha value is -2.20. The minimum atomic E-state index is -3.29. The molecule has 0 saturated carbocycles. The molecule has 0 fully saturated rings. The highest BCUT2D eigenvalue weighted by atomic mass is 32.2. The Morgan fingerprint density at radius 3 is 2.83 bits per heavy atom. The molecule has 124 valence electrons. The number of carbonyl (C=O) groups excluding carboxylic acids is 1. The molecule has 1 N–H and O–H groups in total. The van der Waals surface area contributed by atoms with Gasteiger partial charge in [-0.2, -0.15) is 0 Å². The molecular formula is C13H17N5O4S. The van der Waals surface area contributed by atoms with Gasteiger partial charge in [0.05, 0.1) is 31.2 Å². The Balaban J connectivity index is 1.74. The second kappa shape index (κ2) is 5.78. The fourth-order valence-corrected chi connectivity index (χ4v) is 2.89. The predicted molar refractivity (Wildman–Crippen MR) is 79.9 cm³/mol. The number of hydrogen-bond acceptors (Lipinski definition) is 6. The van der Waals surface area contributed by atoms with E-state index in [-0.39, 0.29) is 12.5 Å². The normalized spacial score (nSPS) is 14.8. The molecule has 0 aromatic carbocycles. The highest BCUT2D eigenvalue weighted by molar-refractivity contribution is 7.88. The van der Waals surface area contributed by atoms with Crippen molar-refractivity contribution in [2.75, 3.05) is 12.8 Å². The van der Waals surface area contributed by atoms with Crippen LogP contribution in [0.5, 0.6) is 0 Å². The first-order valence-corrected chi connectivity index (χ1v) is 8.93. The van der Waals surface area contributed by atoms with Gasteiger partial charge >= 0.3 is 0 Å². The standard InChI is InChI=1S/C13H17N5O4S/c1-9-10(3-6-22-9)13(19)17-4-5-18-11(7-14-23(2,20)21)15-16-12(18)8-17/h3,6,14H,4-5,7-8H2,1-2H3. The van der Waals surface area contributed by atoms with Crippen molar-refractivity contribution in [1.29, 1.82) is 0 Å². The maximum Gasteiger partial charge on any atom is 0.257 e. The van der Waals surface area contributed by atoms with Crippen LogP contribution in [0.3, 0.4) is 0 Å². The van der Waals surface area contributed by atoms with Crippen molar-refractivity contribution in [3.8, 4) is 0 Å². The van der Waals surface area contributed by atoms with E-state index in [4.69, 9.17) is 4.42 Å². The number of nitrogens with zero attached hydrogens (tertiary/aromatic N) is 4. The first-order valence-electron chi connectivity index (χ1n) is 7.04. The van der Waals surface area contributed by atoms with Crippen molar-refractivity contribution in [2.45, 2.75) is 26.6 Å². The molecule has 1 amide bonds. The van der Waals surface area contributed by atoms with Crippen LogP contribution in [0, 0.1) is 6.92 Å². The average molecular weight is 339 g/mol. The summed E-state index contributed by atoms with van der Waals surface area (Å²) in [7, 11) is -3.29. The van der Waals surface area contributed by atoms with Gasteiger partial charge in [0.15, 0.2) is 5.82 Å². The van der Waals surface area contributed by atoms with Gasteiger partial charge in [-0.15, -0.1) is 10.2 Å². The summed E-state index contributed by atoms with van der Waals surface area (Å²) >= 11 is 0. The molecule has 0 saturated heterocycles. The minimum absolute atomic E-state index is 0.0839. The quantitative estimate of drug-likeness (QED) is 0.832. The number of aryl methyl sites for hydroxylation is 1. The van der Waals surface area contributed by atoms with E-state index in [1.165, 1.54) is 6.26 Å². The number of carbonyl (C=O) groups is 1. The van der Waals surface area contributed by atoms with Crippen molar-refractivity contribution in [3.05, 3.63) is 35.3 Å². The summed E-state index contributed by atoms with van der Waals surface area (Å²) in [4.78, 5) is 14.1. The van der Waals surface area contributed by atoms with Crippen molar-refractivity contribution in [2.24, 2.45) is 0 Å². The molecule has 3 heterocycles. The molecule has 23 heavy (non-hydrogen) atoms. The summed E-state index contributed by atoms with van der Waals surface area (Å²) in [5.74, 6) is 1.65. The summed E-state index contributed by atoms with van der Waals surface area (Å²) in [6.45, 7) is 3.18. The lowest BCUT2D eigenvalue weighted by Gasteiger charge is -2.27. The maximum atomic E-state index is 12.5. The first-order chi connectivity index (χ1) is 10.8. The Bertz CT molecular complexity index is 838. The highest BCUT2D eigenvalue weighted by Crippen LogP contribution is 2.18. The molecule has 0 radical (unpaired) electrons. The number of hydrogen-bond donors (Lipinski definition) is 1. The van der Waals surface area contributed by atoms with Crippen LogP contribution < -0.4 is 4.72 Å². The Labute approximate surface area is 133 Å². The third kappa shape index (κ3) is 3.27. The summed E-state index contributed by atoms with van der Waals surface area (Å²) in [6, 6.07) is 1.65. The molecule has 2 aromatic heterocycles. The number of furan rings is 1. The first kappa shape index (κ1) is 15.7. The molecule has 1 aliphatic rings. The zero-order chi connectivity index (χ0) is 16.6. The van der Waals surface area contributed by atoms with Crippen LogP contribution in [0.4, 0.5) is 0 Å². The van der Waals surface area contributed by atoms with Gasteiger partial charge in [0.25, 0.3) is 5.91 Å². The van der Waals surface area contributed by atoms with Crippen molar-refractivity contribution in [3.63, 3.8) is 0 Å². The molecule has 9 nitrogen and oxygen atoms in total. The molecule has 0 atom stereocenters. The lowest BCUT2D eigenvalue weighted by atomic mass is 10.2. The van der Waals surface area contributed by atoms with E-state index in [2.05, 4.69) is 14.9 Å². The minimum Gasteiger partial charge on any atom is -0.469 e. The summed E-state index contributed by atoms with van der Waals surface area (Å²) in [6.07, 6.45) is 2.58. The number of nitrogens with one attached hydrogen (secondary N) is 1. The number of fused-ring (bicyclic) bond motifs is 1. The van der Waals surface area contributed by atoms with Crippen molar-refractivity contribution < 1.29 is 17.6 Å². The fraction of sp³-hybridized carbons (Fsp3) is 0.462. The van der Waals surface area contributed by atoms with Gasteiger partial charge in [0.1, 0.15) is 11.6 Å². The van der Waals surface area contributed by atoms with Gasteiger partial charge in [-0.05, 0) is 13.0 Å². The summed E-state index contributed by atoms with van der Waals surface area (Å²) in [5.41, 5.74) is 0.539. The van der Waals surface area contributed by atoms with Gasteiger partial charge in [0.2, 0.25) is 10.0 Å². The van der Waals surface area contributed by atoms with Crippen LogP contribution in [0.2, 0.25) is 0 Å². The molecule has 1 aliphatic heterocycles. The van der Waals surface area contributed by atoms with Gasteiger partial charge in [-0.3, -0.25) is 4.79 Å². The van der Waals surface area contributed by atoms with Crippen molar-refractivity contribution in [1.82, 2.24) is 24.4 Å². The highest BCUT2D eigenvalue weighted by Gasteiger charge is 2.26. The van der Waals surface area contributed by atoms with E-state index in [0.29, 0.717) is 42.6 Å². The Morgan fingerprint density at radius 2 is 2.17 bits per heavy atom. The second-order valence-electron chi connectivity index (χ2n) is 5.39. The lowest BCUT2D eigenvalue weighted by Crippen LogP contribution is -2.39. The van der Waals surface area contributed by atoms with E-state index in [1.807, 2.05) is 4.57 Å². The lowest BCUT2D eigenvalue weighted by molar-refractivity contribution is 0.0704. The van der Waals surface area contributed by atoms with E-state index in [9.17, 15) is 13.2 Å². The molecule has 0 aliphatic carbocycles. The molecule has 0 spiro atoms. The SMILES string of the molecule is Cc1occc1C(=O)N1CCn2c(CNS(C)(=O)=O)nnc2C1. The van der Waals surface area contributed by atoms with Crippen LogP contribution in [-0.4, -0.2) is 46.8 Å². The Morgan fingerprint density at radius 1 is 1.39 bits per heavy atom. The topological polar surface area (TPSA) is 110 Å². The third-order valence-electron chi connectivity index (χ3n) is 3.70. The number of aromatic nitrogens is 3. The summed E-state index contributed by atoms with van der Waals surface area (Å²) < 4.78 is 31.7. The molecular weight excluding hydrogens is 322 g/mol. The number of rotatable bonds is 4. The maximum absolute atomic E-state index is 12.5. The van der Waals surface area contributed by atoms with E-state index < -0.39 is 10.0 Å². The molecule has 3 rings (SSSR count). The van der Waals surface area contributed by atoms with Gasteiger partial charge in [0, 0.05) is 13.1 Å². The predicted octanol–water partition coefficient (Wildman–Crippen LogP) is -0.115. The van der Waals surface area contributed by atoms with E-state index >= 15 is 0 Å². The van der Waals surface area contributed by atoms with Crippen LogP contribution in [-0.2, 0) is 29.7 Å². The number of amides is 1. The molecule has 0 bridgehead atoms. The second-order valence-corrected chi connectivity index (χ2v) is 7.23. The molecule has 10 heteroatoms. The zero-order valence-corrected chi connectivity index (χ0v) is 13.6. The smallest absolute Gasteiger partial charge is 0.257 e. The van der Waals surface area contributed by atoms with Crippen molar-refractivity contribution >= 4 is 15.9 Å².